The van der Waals surface area contributed by atoms with Gasteiger partial charge in [0.25, 0.3) is 0 Å². The Hall–Kier alpha value is -0.860. The quantitative estimate of drug-likeness (QED) is 0.412. The fraction of sp³-hybridized carbons (Fsp3) is 0.478. The Labute approximate surface area is 162 Å². The van der Waals surface area contributed by atoms with Crippen LogP contribution in [0, 0.1) is 0 Å². The molecule has 0 spiro atoms. The predicted molar refractivity (Wildman–Crippen MR) is 117 cm³/mol. The SMILES string of the molecule is CCCCSCC1(CSCCCC)c2ccccc2-c2ccccc21. The van der Waals surface area contributed by atoms with Gasteiger partial charge in [0.05, 0.1) is 0 Å². The number of rotatable bonds is 10. The first kappa shape index (κ1) is 18.9. The molecule has 0 N–H and O–H groups in total. The van der Waals surface area contributed by atoms with E-state index in [4.69, 9.17) is 0 Å². The minimum absolute atomic E-state index is 0.185. The van der Waals surface area contributed by atoms with Crippen molar-refractivity contribution < 1.29 is 0 Å². The number of hydrogen-bond donors (Lipinski definition) is 0. The zero-order valence-electron chi connectivity index (χ0n) is 15.6. The fourth-order valence-corrected chi connectivity index (χ4v) is 6.68. The van der Waals surface area contributed by atoms with Crippen molar-refractivity contribution in [1.82, 2.24) is 0 Å². The third-order valence-corrected chi connectivity index (χ3v) is 7.71. The second-order valence-electron chi connectivity index (χ2n) is 6.99. The molecule has 0 nitrogen and oxygen atoms in total. The number of benzene rings is 2. The lowest BCUT2D eigenvalue weighted by atomic mass is 9.82. The molecule has 0 radical (unpaired) electrons. The van der Waals surface area contributed by atoms with E-state index in [1.807, 2.05) is 0 Å². The standard InChI is InChI=1S/C23H30S2/c1-3-5-15-24-17-23(18-25-16-6-4-2)21-13-9-7-11-19(21)20-12-8-10-14-22(20)23/h7-14H,3-6,15-18H2,1-2H3. The number of hydrogen-bond acceptors (Lipinski definition) is 2. The molecule has 0 bridgehead atoms. The largest absolute Gasteiger partial charge is 0.161 e. The lowest BCUT2D eigenvalue weighted by Crippen LogP contribution is -2.32. The summed E-state index contributed by atoms with van der Waals surface area (Å²) < 4.78 is 0. The van der Waals surface area contributed by atoms with E-state index in [0.717, 1.165) is 0 Å². The molecule has 0 aromatic heterocycles. The highest BCUT2D eigenvalue weighted by Crippen LogP contribution is 2.51. The maximum absolute atomic E-state index is 2.39. The molecule has 0 unspecified atom stereocenters. The van der Waals surface area contributed by atoms with Crippen molar-refractivity contribution >= 4 is 23.5 Å². The minimum Gasteiger partial charge on any atom is -0.161 e. The van der Waals surface area contributed by atoms with Crippen LogP contribution in [0.5, 0.6) is 0 Å². The van der Waals surface area contributed by atoms with Crippen molar-refractivity contribution in [2.75, 3.05) is 23.0 Å². The van der Waals surface area contributed by atoms with E-state index >= 15 is 0 Å². The summed E-state index contributed by atoms with van der Waals surface area (Å²) in [6.45, 7) is 4.58. The van der Waals surface area contributed by atoms with E-state index in [2.05, 4.69) is 85.9 Å². The van der Waals surface area contributed by atoms with Gasteiger partial charge in [-0.3, -0.25) is 0 Å². The molecule has 0 heterocycles. The Morgan fingerprint density at radius 1 is 0.680 bits per heavy atom. The predicted octanol–water partition coefficient (Wildman–Crippen LogP) is 7.02. The van der Waals surface area contributed by atoms with Crippen LogP contribution in [-0.2, 0) is 5.41 Å². The second kappa shape index (κ2) is 9.19. The van der Waals surface area contributed by atoms with Gasteiger partial charge in [-0.05, 0) is 46.6 Å². The average Bonchev–Trinajstić information content (AvgIpc) is 2.94. The first-order chi connectivity index (χ1) is 12.3. The van der Waals surface area contributed by atoms with Gasteiger partial charge in [0.1, 0.15) is 0 Å². The van der Waals surface area contributed by atoms with Crippen molar-refractivity contribution in [1.29, 1.82) is 0 Å². The topological polar surface area (TPSA) is 0 Å². The van der Waals surface area contributed by atoms with E-state index < -0.39 is 0 Å². The van der Waals surface area contributed by atoms with Crippen LogP contribution < -0.4 is 0 Å². The van der Waals surface area contributed by atoms with E-state index in [-0.39, 0.29) is 5.41 Å². The van der Waals surface area contributed by atoms with E-state index in [1.165, 1.54) is 59.8 Å². The monoisotopic (exact) mass is 370 g/mol. The zero-order valence-corrected chi connectivity index (χ0v) is 17.2. The first-order valence-electron chi connectivity index (χ1n) is 9.68. The van der Waals surface area contributed by atoms with Gasteiger partial charge in [-0.1, -0.05) is 75.2 Å². The van der Waals surface area contributed by atoms with Crippen molar-refractivity contribution in [3.05, 3.63) is 59.7 Å². The van der Waals surface area contributed by atoms with Crippen LogP contribution in [0.2, 0.25) is 0 Å². The number of fused-ring (bicyclic) bond motifs is 3. The van der Waals surface area contributed by atoms with Crippen molar-refractivity contribution in [3.63, 3.8) is 0 Å². The van der Waals surface area contributed by atoms with Gasteiger partial charge in [-0.15, -0.1) is 0 Å². The van der Waals surface area contributed by atoms with Crippen LogP contribution in [0.15, 0.2) is 48.5 Å². The lowest BCUT2D eigenvalue weighted by Gasteiger charge is -2.32. The maximum atomic E-state index is 2.39. The van der Waals surface area contributed by atoms with Crippen molar-refractivity contribution in [2.24, 2.45) is 0 Å². The summed E-state index contributed by atoms with van der Waals surface area (Å²) in [5.74, 6) is 4.98. The Balaban J connectivity index is 1.94. The van der Waals surface area contributed by atoms with Crippen LogP contribution in [-0.4, -0.2) is 23.0 Å². The zero-order chi connectivity index (χ0) is 17.5. The summed E-state index contributed by atoms with van der Waals surface area (Å²) in [7, 11) is 0. The Kier molecular flexibility index (Phi) is 6.95. The lowest BCUT2D eigenvalue weighted by molar-refractivity contribution is 0.684. The van der Waals surface area contributed by atoms with E-state index in [0.29, 0.717) is 0 Å². The molecule has 1 aliphatic rings. The van der Waals surface area contributed by atoms with Crippen LogP contribution in [0.25, 0.3) is 11.1 Å². The molecule has 0 atom stereocenters. The minimum atomic E-state index is 0.185. The molecular formula is C23H30S2. The molecule has 0 saturated heterocycles. The van der Waals surface area contributed by atoms with Gasteiger partial charge in [0.2, 0.25) is 0 Å². The number of unbranched alkanes of at least 4 members (excludes halogenated alkanes) is 2. The fourth-order valence-electron chi connectivity index (χ4n) is 3.75. The van der Waals surface area contributed by atoms with Crippen LogP contribution in [0.1, 0.15) is 50.7 Å². The molecule has 2 aromatic rings. The highest BCUT2D eigenvalue weighted by molar-refractivity contribution is 8.00. The molecule has 0 amide bonds. The molecular weight excluding hydrogens is 340 g/mol. The van der Waals surface area contributed by atoms with Gasteiger partial charge in [-0.25, -0.2) is 0 Å². The molecule has 0 aliphatic heterocycles. The molecule has 3 rings (SSSR count). The Bertz CT molecular complexity index is 618. The maximum Gasteiger partial charge on any atom is 0.0395 e. The molecule has 0 saturated carbocycles. The van der Waals surface area contributed by atoms with E-state index in [9.17, 15) is 0 Å². The van der Waals surface area contributed by atoms with E-state index in [1.54, 1.807) is 11.1 Å². The van der Waals surface area contributed by atoms with Crippen LogP contribution >= 0.6 is 23.5 Å². The van der Waals surface area contributed by atoms with Gasteiger partial charge in [0.15, 0.2) is 0 Å². The molecule has 2 aromatic carbocycles. The molecule has 1 aliphatic carbocycles. The highest BCUT2D eigenvalue weighted by Gasteiger charge is 2.42. The Morgan fingerprint density at radius 3 is 1.56 bits per heavy atom. The second-order valence-corrected chi connectivity index (χ2v) is 9.20. The molecule has 134 valence electrons. The third kappa shape index (κ3) is 3.95. The average molecular weight is 371 g/mol. The smallest absolute Gasteiger partial charge is 0.0395 e. The summed E-state index contributed by atoms with van der Waals surface area (Å²) in [4.78, 5) is 0. The molecule has 25 heavy (non-hydrogen) atoms. The first-order valence-corrected chi connectivity index (χ1v) is 12.0. The summed E-state index contributed by atoms with van der Waals surface area (Å²) in [6, 6.07) is 18.3. The summed E-state index contributed by atoms with van der Waals surface area (Å²) >= 11 is 4.30. The van der Waals surface area contributed by atoms with Crippen LogP contribution in [0.4, 0.5) is 0 Å². The van der Waals surface area contributed by atoms with Gasteiger partial charge in [-0.2, -0.15) is 23.5 Å². The molecule has 2 heteroatoms. The van der Waals surface area contributed by atoms with Crippen molar-refractivity contribution in [2.45, 2.75) is 44.9 Å². The Morgan fingerprint density at radius 2 is 1.12 bits per heavy atom. The summed E-state index contributed by atoms with van der Waals surface area (Å²) in [6.07, 6.45) is 5.23. The van der Waals surface area contributed by atoms with Gasteiger partial charge in [0, 0.05) is 16.9 Å². The molecule has 0 fully saturated rings. The number of thioether (sulfide) groups is 2. The summed E-state index contributed by atoms with van der Waals surface area (Å²) in [5, 5.41) is 0. The normalized spacial score (nSPS) is 14.3. The van der Waals surface area contributed by atoms with Crippen molar-refractivity contribution in [3.8, 4) is 11.1 Å². The van der Waals surface area contributed by atoms with Gasteiger partial charge < -0.3 is 0 Å². The van der Waals surface area contributed by atoms with Crippen LogP contribution in [0.3, 0.4) is 0 Å². The highest BCUT2D eigenvalue weighted by atomic mass is 32.2. The van der Waals surface area contributed by atoms with Gasteiger partial charge >= 0.3 is 0 Å². The summed E-state index contributed by atoms with van der Waals surface area (Å²) in [5.41, 5.74) is 6.23. The third-order valence-electron chi connectivity index (χ3n) is 5.16.